The van der Waals surface area contributed by atoms with Gasteiger partial charge in [0.25, 0.3) is 0 Å². The van der Waals surface area contributed by atoms with E-state index in [2.05, 4.69) is 9.99 Å². The van der Waals surface area contributed by atoms with Crippen LogP contribution in [0.3, 0.4) is 0 Å². The zero-order valence-corrected chi connectivity index (χ0v) is 16.2. The molecule has 0 aliphatic heterocycles. The summed E-state index contributed by atoms with van der Waals surface area (Å²) in [4.78, 5) is 27.4. The van der Waals surface area contributed by atoms with E-state index < -0.39 is 5.97 Å². The number of carbonyl (C=O) groups excluding carboxylic acids is 2. The fourth-order valence-corrected chi connectivity index (χ4v) is 3.67. The molecule has 0 saturated carbocycles. The van der Waals surface area contributed by atoms with Crippen molar-refractivity contribution in [2.24, 2.45) is 5.16 Å². The quantitative estimate of drug-likeness (QED) is 0.225. The predicted molar refractivity (Wildman–Crippen MR) is 99.7 cm³/mol. The summed E-state index contributed by atoms with van der Waals surface area (Å²) in [6.07, 6.45) is 0. The maximum atomic E-state index is 12.2. The van der Waals surface area contributed by atoms with Gasteiger partial charge in [-0.25, -0.2) is 0 Å². The van der Waals surface area contributed by atoms with Gasteiger partial charge in [-0.2, -0.15) is 0 Å². The monoisotopic (exact) mass is 421 g/mol. The van der Waals surface area contributed by atoms with Crippen LogP contribution in [0.4, 0.5) is 0 Å². The van der Waals surface area contributed by atoms with E-state index in [1.807, 2.05) is 36.4 Å². The number of ketones is 1. The second kappa shape index (κ2) is 9.87. The van der Waals surface area contributed by atoms with Crippen LogP contribution in [0.1, 0.15) is 24.2 Å². The van der Waals surface area contributed by atoms with Gasteiger partial charge < -0.3 is 0 Å². The average molecular weight is 420 g/mol. The summed E-state index contributed by atoms with van der Waals surface area (Å²) in [7, 11) is 0. The molecule has 0 saturated heterocycles. The molecule has 26 heavy (non-hydrogen) atoms. The van der Waals surface area contributed by atoms with Crippen molar-refractivity contribution < 1.29 is 24.3 Å². The molecule has 6 nitrogen and oxygen atoms in total. The SMILES string of the molecule is CC(=O)O/N=C(\C)C(=O)c1ccc([Se]c2ccc(OCCO)cc2)cc1. The molecule has 7 heteroatoms. The van der Waals surface area contributed by atoms with E-state index >= 15 is 0 Å². The number of hydrogen-bond donors (Lipinski definition) is 1. The number of oxime groups is 1. The number of ether oxygens (including phenoxy) is 1. The van der Waals surface area contributed by atoms with Crippen molar-refractivity contribution in [1.82, 2.24) is 0 Å². The molecule has 0 spiro atoms. The van der Waals surface area contributed by atoms with E-state index in [4.69, 9.17) is 9.84 Å². The van der Waals surface area contributed by atoms with Crippen molar-refractivity contribution in [2.45, 2.75) is 13.8 Å². The van der Waals surface area contributed by atoms with Crippen molar-refractivity contribution in [2.75, 3.05) is 13.2 Å². The number of benzene rings is 2. The Morgan fingerprint density at radius 1 is 1.00 bits per heavy atom. The van der Waals surface area contributed by atoms with Crippen molar-refractivity contribution in [3.63, 3.8) is 0 Å². The van der Waals surface area contributed by atoms with Crippen molar-refractivity contribution in [1.29, 1.82) is 0 Å². The average Bonchev–Trinajstić information content (AvgIpc) is 2.65. The van der Waals surface area contributed by atoms with Crippen LogP contribution >= 0.6 is 0 Å². The molecule has 2 rings (SSSR count). The van der Waals surface area contributed by atoms with Gasteiger partial charge in [0.2, 0.25) is 0 Å². The molecular formula is C19H19NO5Se. The molecule has 0 fully saturated rings. The molecule has 0 bridgehead atoms. The van der Waals surface area contributed by atoms with E-state index in [0.29, 0.717) is 5.56 Å². The van der Waals surface area contributed by atoms with Gasteiger partial charge in [0.15, 0.2) is 0 Å². The standard InChI is InChI=1S/C19H19NO5Se/c1-13(20-25-14(2)22)19(23)15-3-7-17(8-4-15)26-18-9-5-16(6-10-18)24-12-11-21/h3-10,21H,11-12H2,1-2H3/b20-13+. The van der Waals surface area contributed by atoms with E-state index in [9.17, 15) is 9.59 Å². The van der Waals surface area contributed by atoms with Gasteiger partial charge >= 0.3 is 158 Å². The summed E-state index contributed by atoms with van der Waals surface area (Å²) in [5.41, 5.74) is 0.614. The van der Waals surface area contributed by atoms with Crippen LogP contribution in [-0.2, 0) is 9.63 Å². The van der Waals surface area contributed by atoms with Crippen molar-refractivity contribution in [3.8, 4) is 5.75 Å². The molecule has 136 valence electrons. The summed E-state index contributed by atoms with van der Waals surface area (Å²) in [6.45, 7) is 2.99. The first-order valence-corrected chi connectivity index (χ1v) is 9.59. The topological polar surface area (TPSA) is 85.2 Å². The molecule has 0 aliphatic carbocycles. The number of aliphatic hydroxyl groups is 1. The Bertz CT molecular complexity index is 785. The Kier molecular flexibility index (Phi) is 7.53. The van der Waals surface area contributed by atoms with E-state index in [-0.39, 0.29) is 39.7 Å². The normalized spacial score (nSPS) is 11.1. The summed E-state index contributed by atoms with van der Waals surface area (Å²) in [5.74, 6) is -0.124. The first-order valence-electron chi connectivity index (χ1n) is 7.88. The number of carbonyl (C=O) groups is 2. The van der Waals surface area contributed by atoms with Gasteiger partial charge in [-0.3, -0.25) is 0 Å². The molecule has 0 amide bonds. The molecule has 0 unspecified atom stereocenters. The first kappa shape index (κ1) is 19.8. The predicted octanol–water partition coefficient (Wildman–Crippen LogP) is 0.834. The third-order valence-corrected chi connectivity index (χ3v) is 5.31. The molecule has 0 aromatic heterocycles. The minimum absolute atomic E-state index is 0.0121. The van der Waals surface area contributed by atoms with E-state index in [1.54, 1.807) is 12.1 Å². The Morgan fingerprint density at radius 2 is 1.58 bits per heavy atom. The van der Waals surface area contributed by atoms with Crippen molar-refractivity contribution in [3.05, 3.63) is 54.1 Å². The molecule has 0 radical (unpaired) electrons. The number of nitrogens with zero attached hydrogens (tertiary/aromatic N) is 1. The Labute approximate surface area is 158 Å². The van der Waals surface area contributed by atoms with E-state index in [1.165, 1.54) is 18.3 Å². The van der Waals surface area contributed by atoms with Crippen LogP contribution in [-0.4, -0.2) is 50.7 Å². The zero-order chi connectivity index (χ0) is 18.9. The molecule has 0 aliphatic rings. The van der Waals surface area contributed by atoms with Crippen LogP contribution < -0.4 is 13.7 Å². The third kappa shape index (κ3) is 6.11. The van der Waals surface area contributed by atoms with Crippen LogP contribution in [0.15, 0.2) is 53.7 Å². The zero-order valence-electron chi connectivity index (χ0n) is 14.5. The van der Waals surface area contributed by atoms with Crippen LogP contribution in [0.5, 0.6) is 5.75 Å². The summed E-state index contributed by atoms with van der Waals surface area (Å²) < 4.78 is 7.62. The van der Waals surface area contributed by atoms with Gasteiger partial charge in [0, 0.05) is 0 Å². The molecule has 2 aromatic rings. The number of Topliss-reactive ketones (excluding diaryl/α,β-unsaturated/α-hetero) is 1. The summed E-state index contributed by atoms with van der Waals surface area (Å²) in [6, 6.07) is 15.0. The Balaban J connectivity index is 1.99. The molecule has 0 atom stereocenters. The van der Waals surface area contributed by atoms with Gasteiger partial charge in [-0.15, -0.1) is 0 Å². The third-order valence-electron chi connectivity index (χ3n) is 3.18. The number of aliphatic hydroxyl groups excluding tert-OH is 1. The van der Waals surface area contributed by atoms with Crippen LogP contribution in [0.25, 0.3) is 0 Å². The van der Waals surface area contributed by atoms with E-state index in [0.717, 1.165) is 10.2 Å². The van der Waals surface area contributed by atoms with Gasteiger partial charge in [-0.05, 0) is 0 Å². The van der Waals surface area contributed by atoms with Gasteiger partial charge in [-0.1, -0.05) is 0 Å². The van der Waals surface area contributed by atoms with Crippen LogP contribution in [0.2, 0.25) is 0 Å². The first-order chi connectivity index (χ1) is 12.5. The minimum atomic E-state index is -0.567. The number of hydrogen-bond acceptors (Lipinski definition) is 6. The molecule has 1 N–H and O–H groups in total. The Morgan fingerprint density at radius 3 is 2.12 bits per heavy atom. The van der Waals surface area contributed by atoms with Crippen LogP contribution in [0, 0.1) is 0 Å². The Hall–Kier alpha value is -2.47. The molecular weight excluding hydrogens is 401 g/mol. The molecule has 2 aromatic carbocycles. The molecule has 0 heterocycles. The van der Waals surface area contributed by atoms with Gasteiger partial charge in [0.1, 0.15) is 0 Å². The summed E-state index contributed by atoms with van der Waals surface area (Å²) >= 11 is 0.0952. The second-order valence-corrected chi connectivity index (χ2v) is 7.66. The van der Waals surface area contributed by atoms with Crippen molar-refractivity contribution >= 4 is 41.3 Å². The fourth-order valence-electron chi connectivity index (χ4n) is 1.96. The second-order valence-electron chi connectivity index (χ2n) is 5.26. The fraction of sp³-hybridized carbons (Fsp3) is 0.211. The maximum absolute atomic E-state index is 12.2. The summed E-state index contributed by atoms with van der Waals surface area (Å²) in [5, 5.41) is 12.3. The van der Waals surface area contributed by atoms with Gasteiger partial charge in [0.05, 0.1) is 0 Å². The number of rotatable bonds is 8.